The molecule has 154 valence electrons. The molecule has 0 amide bonds. The molecule has 0 saturated carbocycles. The minimum absolute atomic E-state index is 0.0512. The molecule has 1 aromatic carbocycles. The lowest BCUT2D eigenvalue weighted by atomic mass is 10.1. The van der Waals surface area contributed by atoms with E-state index in [4.69, 9.17) is 18.6 Å². The molecule has 0 aliphatic carbocycles. The molecule has 27 heavy (non-hydrogen) atoms. The van der Waals surface area contributed by atoms with Crippen LogP contribution in [0.15, 0.2) is 30.3 Å². The summed E-state index contributed by atoms with van der Waals surface area (Å²) in [5.74, 6) is -0.583. The Kier molecular flexibility index (Phi) is 7.67. The molecule has 0 bridgehead atoms. The van der Waals surface area contributed by atoms with Crippen LogP contribution >= 0.6 is 0 Å². The van der Waals surface area contributed by atoms with Gasteiger partial charge in [0.2, 0.25) is 0 Å². The van der Waals surface area contributed by atoms with Crippen molar-refractivity contribution in [3.8, 4) is 0 Å². The van der Waals surface area contributed by atoms with Crippen molar-refractivity contribution in [2.45, 2.75) is 90.2 Å². The number of rotatable bonds is 8. The van der Waals surface area contributed by atoms with E-state index in [9.17, 15) is 0 Å². The largest absolute Gasteiger partial charge is 0.417 e. The molecule has 0 aromatic heterocycles. The van der Waals surface area contributed by atoms with Crippen LogP contribution in [0.5, 0.6) is 0 Å². The maximum absolute atomic E-state index is 6.33. The summed E-state index contributed by atoms with van der Waals surface area (Å²) in [6, 6.07) is 10.2. The van der Waals surface area contributed by atoms with E-state index in [1.807, 2.05) is 32.0 Å². The highest BCUT2D eigenvalue weighted by atomic mass is 28.4. The Hall–Kier alpha value is -0.723. The Bertz CT molecular complexity index is 565. The van der Waals surface area contributed by atoms with Crippen LogP contribution in [0, 0.1) is 0 Å². The van der Waals surface area contributed by atoms with Crippen LogP contribution < -0.4 is 0 Å². The molecule has 2 atom stereocenters. The van der Waals surface area contributed by atoms with Crippen LogP contribution in [-0.4, -0.2) is 39.5 Å². The zero-order chi connectivity index (χ0) is 20.1. The molecule has 0 unspecified atom stereocenters. The monoisotopic (exact) mass is 394 g/mol. The first-order chi connectivity index (χ1) is 12.5. The van der Waals surface area contributed by atoms with Crippen LogP contribution in [-0.2, 0) is 25.2 Å². The fourth-order valence-electron chi connectivity index (χ4n) is 3.04. The van der Waals surface area contributed by atoms with Gasteiger partial charge in [0.05, 0.1) is 25.4 Å². The van der Waals surface area contributed by atoms with Crippen molar-refractivity contribution in [2.24, 2.45) is 0 Å². The van der Waals surface area contributed by atoms with E-state index in [1.54, 1.807) is 0 Å². The Balaban J connectivity index is 1.80. The molecule has 0 N–H and O–H groups in total. The lowest BCUT2D eigenvalue weighted by Crippen LogP contribution is -2.47. The summed E-state index contributed by atoms with van der Waals surface area (Å²) in [6.45, 7) is 17.3. The molecule has 1 fully saturated rings. The topological polar surface area (TPSA) is 36.9 Å². The highest BCUT2D eigenvalue weighted by Gasteiger charge is 2.38. The zero-order valence-electron chi connectivity index (χ0n) is 18.2. The van der Waals surface area contributed by atoms with E-state index >= 15 is 0 Å². The SMILES string of the molecule is CC1(C)O[C@H](CCO[Si](C)(C)C(C)(C)C)C[C@H](COCc2ccccc2)O1. The minimum Gasteiger partial charge on any atom is -0.417 e. The second-order valence-electron chi connectivity index (χ2n) is 9.51. The molecular formula is C22H38O4Si. The predicted molar refractivity (Wildman–Crippen MR) is 112 cm³/mol. The smallest absolute Gasteiger partial charge is 0.191 e. The van der Waals surface area contributed by atoms with Gasteiger partial charge in [-0.25, -0.2) is 0 Å². The normalized spacial score (nSPS) is 23.4. The lowest BCUT2D eigenvalue weighted by Gasteiger charge is -2.41. The average Bonchev–Trinajstić information content (AvgIpc) is 2.53. The van der Waals surface area contributed by atoms with Crippen molar-refractivity contribution < 1.29 is 18.6 Å². The van der Waals surface area contributed by atoms with Crippen molar-refractivity contribution >= 4 is 8.32 Å². The summed E-state index contributed by atoms with van der Waals surface area (Å²) >= 11 is 0. The van der Waals surface area contributed by atoms with E-state index < -0.39 is 14.1 Å². The highest BCUT2D eigenvalue weighted by molar-refractivity contribution is 6.74. The summed E-state index contributed by atoms with van der Waals surface area (Å²) in [4.78, 5) is 0. The Morgan fingerprint density at radius 2 is 1.70 bits per heavy atom. The van der Waals surface area contributed by atoms with Gasteiger partial charge < -0.3 is 18.6 Å². The van der Waals surface area contributed by atoms with Crippen molar-refractivity contribution in [2.75, 3.05) is 13.2 Å². The maximum Gasteiger partial charge on any atom is 0.191 e. The molecule has 1 aliphatic rings. The molecule has 2 rings (SSSR count). The molecule has 4 nitrogen and oxygen atoms in total. The standard InChI is InChI=1S/C22H38O4Si/c1-21(2,3)27(6,7)24-14-13-19-15-20(26-22(4,5)25-19)17-23-16-18-11-9-8-10-12-18/h8-12,19-20H,13-17H2,1-7H3/t19-,20-/m1/s1. The van der Waals surface area contributed by atoms with Gasteiger partial charge in [-0.15, -0.1) is 0 Å². The molecule has 0 radical (unpaired) electrons. The second kappa shape index (κ2) is 9.18. The third kappa shape index (κ3) is 7.31. The Labute approximate surface area is 166 Å². The van der Waals surface area contributed by atoms with Gasteiger partial charge in [0.15, 0.2) is 14.1 Å². The van der Waals surface area contributed by atoms with Gasteiger partial charge in [0, 0.05) is 13.0 Å². The van der Waals surface area contributed by atoms with Crippen molar-refractivity contribution in [3.05, 3.63) is 35.9 Å². The number of hydrogen-bond donors (Lipinski definition) is 0. The Morgan fingerprint density at radius 1 is 1.07 bits per heavy atom. The molecule has 5 heteroatoms. The maximum atomic E-state index is 6.33. The van der Waals surface area contributed by atoms with Gasteiger partial charge >= 0.3 is 0 Å². The quantitative estimate of drug-likeness (QED) is 0.544. The summed E-state index contributed by atoms with van der Waals surface area (Å²) in [6.07, 6.45) is 1.94. The first kappa shape index (κ1) is 22.6. The van der Waals surface area contributed by atoms with Gasteiger partial charge in [0.1, 0.15) is 0 Å². The molecule has 1 aliphatic heterocycles. The van der Waals surface area contributed by atoms with Gasteiger partial charge in [0.25, 0.3) is 0 Å². The summed E-state index contributed by atoms with van der Waals surface area (Å²) in [7, 11) is -1.71. The van der Waals surface area contributed by atoms with Crippen LogP contribution in [0.3, 0.4) is 0 Å². The predicted octanol–water partition coefficient (Wildman–Crippen LogP) is 5.53. The minimum atomic E-state index is -1.71. The van der Waals surface area contributed by atoms with Crippen molar-refractivity contribution in [1.29, 1.82) is 0 Å². The van der Waals surface area contributed by atoms with Crippen molar-refractivity contribution in [3.63, 3.8) is 0 Å². The fourth-order valence-corrected chi connectivity index (χ4v) is 4.10. The average molecular weight is 395 g/mol. The van der Waals surface area contributed by atoms with Crippen LogP contribution in [0.25, 0.3) is 0 Å². The first-order valence-electron chi connectivity index (χ1n) is 10.1. The molecule has 1 aromatic rings. The van der Waals surface area contributed by atoms with Gasteiger partial charge in [-0.05, 0) is 44.0 Å². The van der Waals surface area contributed by atoms with Gasteiger partial charge in [-0.3, -0.25) is 0 Å². The number of ether oxygens (including phenoxy) is 3. The first-order valence-corrected chi connectivity index (χ1v) is 13.0. The molecular weight excluding hydrogens is 356 g/mol. The number of benzene rings is 1. The van der Waals surface area contributed by atoms with Crippen LogP contribution in [0.1, 0.15) is 53.0 Å². The lowest BCUT2D eigenvalue weighted by molar-refractivity contribution is -0.307. The third-order valence-corrected chi connectivity index (χ3v) is 10.1. The highest BCUT2D eigenvalue weighted by Crippen LogP contribution is 2.37. The molecule has 1 heterocycles. The van der Waals surface area contributed by atoms with Crippen LogP contribution in [0.2, 0.25) is 18.1 Å². The number of hydrogen-bond acceptors (Lipinski definition) is 4. The van der Waals surface area contributed by atoms with E-state index in [2.05, 4.69) is 46.0 Å². The molecule has 1 saturated heterocycles. The fraction of sp³-hybridized carbons (Fsp3) is 0.727. The van der Waals surface area contributed by atoms with Crippen molar-refractivity contribution in [1.82, 2.24) is 0 Å². The Morgan fingerprint density at radius 3 is 2.33 bits per heavy atom. The van der Waals surface area contributed by atoms with E-state index in [0.29, 0.717) is 13.2 Å². The third-order valence-electron chi connectivity index (χ3n) is 5.55. The van der Waals surface area contributed by atoms with Gasteiger partial charge in [-0.2, -0.15) is 0 Å². The molecule has 0 spiro atoms. The van der Waals surface area contributed by atoms with Gasteiger partial charge in [-0.1, -0.05) is 51.1 Å². The van der Waals surface area contributed by atoms with E-state index in [1.165, 1.54) is 5.56 Å². The summed E-state index contributed by atoms with van der Waals surface area (Å²) in [5.41, 5.74) is 1.18. The van der Waals surface area contributed by atoms with E-state index in [0.717, 1.165) is 19.4 Å². The summed E-state index contributed by atoms with van der Waals surface area (Å²) in [5, 5.41) is 0.233. The second-order valence-corrected chi connectivity index (χ2v) is 14.3. The van der Waals surface area contributed by atoms with E-state index in [-0.39, 0.29) is 17.2 Å². The zero-order valence-corrected chi connectivity index (χ0v) is 19.2. The van der Waals surface area contributed by atoms with Crippen LogP contribution in [0.4, 0.5) is 0 Å². The summed E-state index contributed by atoms with van der Waals surface area (Å²) < 4.78 is 24.4.